The van der Waals surface area contributed by atoms with Crippen LogP contribution in [0.15, 0.2) is 52.4 Å². The molecule has 0 fully saturated rings. The average molecular weight is 360 g/mol. The fourth-order valence-corrected chi connectivity index (χ4v) is 2.90. The molecule has 0 radical (unpaired) electrons. The Balaban J connectivity index is 1.77. The van der Waals surface area contributed by atoms with Gasteiger partial charge in [0.1, 0.15) is 5.82 Å². The number of benzene rings is 1. The predicted octanol–water partition coefficient (Wildman–Crippen LogP) is 5.27. The Morgan fingerprint density at radius 3 is 2.62 bits per heavy atom. The van der Waals surface area contributed by atoms with Crippen molar-refractivity contribution >= 4 is 38.2 Å². The number of aromatic nitrogens is 2. The van der Waals surface area contributed by atoms with E-state index in [9.17, 15) is 0 Å². The average Bonchev–Trinajstić information content (AvgIpc) is 2.98. The standard InChI is InChI=1S/C16H14BrN3S/c1-2-11-3-5-12(6-4-11)14-10-21-16(19-14)20-15-8-7-13(17)9-18-15/h3-10H,2H2,1H3,(H,18,19,20). The minimum atomic E-state index is 0.792. The molecule has 0 aliphatic heterocycles. The van der Waals surface area contributed by atoms with E-state index >= 15 is 0 Å². The molecular weight excluding hydrogens is 346 g/mol. The van der Waals surface area contributed by atoms with Crippen LogP contribution >= 0.6 is 27.3 Å². The number of halogens is 1. The fraction of sp³-hybridized carbons (Fsp3) is 0.125. The molecule has 2 heterocycles. The first-order valence-electron chi connectivity index (χ1n) is 6.68. The fourth-order valence-electron chi connectivity index (χ4n) is 1.93. The van der Waals surface area contributed by atoms with Crippen molar-refractivity contribution in [2.75, 3.05) is 5.32 Å². The minimum absolute atomic E-state index is 0.792. The Labute approximate surface area is 136 Å². The Morgan fingerprint density at radius 1 is 1.14 bits per heavy atom. The number of pyridine rings is 1. The Kier molecular flexibility index (Phi) is 4.31. The van der Waals surface area contributed by atoms with Crippen molar-refractivity contribution in [3.63, 3.8) is 0 Å². The summed E-state index contributed by atoms with van der Waals surface area (Å²) in [6.45, 7) is 2.16. The highest BCUT2D eigenvalue weighted by Crippen LogP contribution is 2.27. The number of thiazole rings is 1. The highest BCUT2D eigenvalue weighted by Gasteiger charge is 2.05. The van der Waals surface area contributed by atoms with Gasteiger partial charge in [-0.3, -0.25) is 0 Å². The second kappa shape index (κ2) is 6.37. The summed E-state index contributed by atoms with van der Waals surface area (Å²) in [7, 11) is 0. The minimum Gasteiger partial charge on any atom is -0.316 e. The maximum absolute atomic E-state index is 4.61. The van der Waals surface area contributed by atoms with E-state index < -0.39 is 0 Å². The van der Waals surface area contributed by atoms with Gasteiger partial charge in [-0.2, -0.15) is 0 Å². The van der Waals surface area contributed by atoms with Crippen LogP contribution < -0.4 is 5.32 Å². The van der Waals surface area contributed by atoms with E-state index in [2.05, 4.69) is 67.8 Å². The predicted molar refractivity (Wildman–Crippen MR) is 92.1 cm³/mol. The number of nitrogens with one attached hydrogen (secondary N) is 1. The zero-order chi connectivity index (χ0) is 14.7. The Hall–Kier alpha value is -1.72. The van der Waals surface area contributed by atoms with Crippen molar-refractivity contribution in [3.05, 3.63) is 58.0 Å². The molecule has 0 bridgehead atoms. The van der Waals surface area contributed by atoms with Crippen LogP contribution in [0.25, 0.3) is 11.3 Å². The van der Waals surface area contributed by atoms with Crippen LogP contribution in [0.2, 0.25) is 0 Å². The van der Waals surface area contributed by atoms with Gasteiger partial charge in [0, 0.05) is 21.6 Å². The van der Waals surface area contributed by atoms with Crippen molar-refractivity contribution in [1.82, 2.24) is 9.97 Å². The number of hydrogen-bond donors (Lipinski definition) is 1. The molecule has 3 aromatic rings. The van der Waals surface area contributed by atoms with Gasteiger partial charge in [0.15, 0.2) is 5.13 Å². The van der Waals surface area contributed by atoms with Crippen LogP contribution in [0, 0.1) is 0 Å². The molecule has 3 nitrogen and oxygen atoms in total. The SMILES string of the molecule is CCc1ccc(-c2csc(Nc3ccc(Br)cn3)n2)cc1. The summed E-state index contributed by atoms with van der Waals surface area (Å²) in [5.41, 5.74) is 3.47. The second-order valence-electron chi connectivity index (χ2n) is 4.58. The maximum atomic E-state index is 4.61. The largest absolute Gasteiger partial charge is 0.316 e. The van der Waals surface area contributed by atoms with E-state index in [0.29, 0.717) is 0 Å². The zero-order valence-electron chi connectivity index (χ0n) is 11.5. The molecule has 0 spiro atoms. The molecule has 2 aromatic heterocycles. The molecule has 0 saturated carbocycles. The normalized spacial score (nSPS) is 10.6. The molecule has 21 heavy (non-hydrogen) atoms. The molecule has 5 heteroatoms. The van der Waals surface area contributed by atoms with Crippen LogP contribution in [0.5, 0.6) is 0 Å². The van der Waals surface area contributed by atoms with Crippen molar-refractivity contribution < 1.29 is 0 Å². The van der Waals surface area contributed by atoms with E-state index in [0.717, 1.165) is 33.1 Å². The molecule has 1 aromatic carbocycles. The highest BCUT2D eigenvalue weighted by molar-refractivity contribution is 9.10. The van der Waals surface area contributed by atoms with Crippen molar-refractivity contribution in [1.29, 1.82) is 0 Å². The molecule has 0 atom stereocenters. The van der Waals surface area contributed by atoms with Crippen LogP contribution in [0.1, 0.15) is 12.5 Å². The van der Waals surface area contributed by atoms with Gasteiger partial charge < -0.3 is 5.32 Å². The topological polar surface area (TPSA) is 37.8 Å². The lowest BCUT2D eigenvalue weighted by Crippen LogP contribution is -1.92. The first-order valence-corrected chi connectivity index (χ1v) is 8.35. The third-order valence-corrected chi connectivity index (χ3v) is 4.35. The number of hydrogen-bond acceptors (Lipinski definition) is 4. The zero-order valence-corrected chi connectivity index (χ0v) is 13.9. The lowest BCUT2D eigenvalue weighted by Gasteiger charge is -2.01. The van der Waals surface area contributed by atoms with Gasteiger partial charge in [-0.25, -0.2) is 9.97 Å². The molecule has 1 N–H and O–H groups in total. The maximum Gasteiger partial charge on any atom is 0.188 e. The van der Waals surface area contributed by atoms with Gasteiger partial charge in [0.2, 0.25) is 0 Å². The van der Waals surface area contributed by atoms with E-state index in [4.69, 9.17) is 0 Å². The van der Waals surface area contributed by atoms with Gasteiger partial charge in [0.05, 0.1) is 5.69 Å². The molecule has 0 aliphatic rings. The highest BCUT2D eigenvalue weighted by atomic mass is 79.9. The molecule has 106 valence electrons. The van der Waals surface area contributed by atoms with Crippen LogP contribution in [-0.2, 0) is 6.42 Å². The first kappa shape index (κ1) is 14.2. The van der Waals surface area contributed by atoms with E-state index in [1.54, 1.807) is 17.5 Å². The summed E-state index contributed by atoms with van der Waals surface area (Å²) in [6.07, 6.45) is 2.82. The molecule has 0 saturated heterocycles. The molecule has 0 aliphatic carbocycles. The van der Waals surface area contributed by atoms with E-state index in [-0.39, 0.29) is 0 Å². The molecular formula is C16H14BrN3S. The van der Waals surface area contributed by atoms with Crippen LogP contribution in [0.3, 0.4) is 0 Å². The lowest BCUT2D eigenvalue weighted by atomic mass is 10.1. The summed E-state index contributed by atoms with van der Waals surface area (Å²) in [6, 6.07) is 12.4. The number of nitrogens with zero attached hydrogens (tertiary/aromatic N) is 2. The first-order chi connectivity index (χ1) is 10.2. The van der Waals surface area contributed by atoms with Crippen LogP contribution in [-0.4, -0.2) is 9.97 Å². The van der Waals surface area contributed by atoms with Gasteiger partial charge in [0.25, 0.3) is 0 Å². The smallest absolute Gasteiger partial charge is 0.188 e. The third kappa shape index (κ3) is 3.49. The summed E-state index contributed by atoms with van der Waals surface area (Å²) in [5, 5.41) is 6.12. The number of anilines is 2. The monoisotopic (exact) mass is 359 g/mol. The second-order valence-corrected chi connectivity index (χ2v) is 6.35. The van der Waals surface area contributed by atoms with Gasteiger partial charge in [-0.05, 0) is 40.0 Å². The molecule has 0 unspecified atom stereocenters. The number of aryl methyl sites for hydroxylation is 1. The summed E-state index contributed by atoms with van der Waals surface area (Å²) in [5.74, 6) is 0.792. The Morgan fingerprint density at radius 2 is 1.95 bits per heavy atom. The number of rotatable bonds is 4. The lowest BCUT2D eigenvalue weighted by molar-refractivity contribution is 1.14. The summed E-state index contributed by atoms with van der Waals surface area (Å²) >= 11 is 4.95. The van der Waals surface area contributed by atoms with Crippen LogP contribution in [0.4, 0.5) is 10.9 Å². The third-order valence-electron chi connectivity index (χ3n) is 3.12. The van der Waals surface area contributed by atoms with Crippen molar-refractivity contribution in [3.8, 4) is 11.3 Å². The van der Waals surface area contributed by atoms with E-state index in [1.165, 1.54) is 5.56 Å². The van der Waals surface area contributed by atoms with Gasteiger partial charge >= 0.3 is 0 Å². The Bertz CT molecular complexity index is 720. The molecule has 0 amide bonds. The van der Waals surface area contributed by atoms with Crippen molar-refractivity contribution in [2.45, 2.75) is 13.3 Å². The van der Waals surface area contributed by atoms with Crippen molar-refractivity contribution in [2.24, 2.45) is 0 Å². The quantitative estimate of drug-likeness (QED) is 0.688. The van der Waals surface area contributed by atoms with E-state index in [1.807, 2.05) is 12.1 Å². The summed E-state index contributed by atoms with van der Waals surface area (Å²) < 4.78 is 0.962. The summed E-state index contributed by atoms with van der Waals surface area (Å²) in [4.78, 5) is 8.90. The van der Waals surface area contributed by atoms with Gasteiger partial charge in [-0.1, -0.05) is 31.2 Å². The van der Waals surface area contributed by atoms with Gasteiger partial charge in [-0.15, -0.1) is 11.3 Å². The molecule has 3 rings (SSSR count).